The molecule has 2 aromatic heterocycles. The summed E-state index contributed by atoms with van der Waals surface area (Å²) in [4.78, 5) is 26.2. The molecule has 0 saturated carbocycles. The number of amides is 1. The van der Waals surface area contributed by atoms with Crippen molar-refractivity contribution in [3.05, 3.63) is 57.8 Å². The van der Waals surface area contributed by atoms with Crippen LogP contribution in [0.5, 0.6) is 0 Å². The molecule has 1 saturated heterocycles. The zero-order valence-corrected chi connectivity index (χ0v) is 19.8. The summed E-state index contributed by atoms with van der Waals surface area (Å²) in [5.74, 6) is -0.738. The summed E-state index contributed by atoms with van der Waals surface area (Å²) in [7, 11) is -2.10. The SMILES string of the molecule is Cc1noc(C)c1S(=O)(=O)N1CCCC(C(=O)Nc2c(C)n(C)n(-c3ccccc3)c2=O)C1. The second-order valence-corrected chi connectivity index (χ2v) is 10.2. The van der Waals surface area contributed by atoms with Gasteiger partial charge in [-0.15, -0.1) is 0 Å². The predicted octanol–water partition coefficient (Wildman–Crippen LogP) is 2.13. The van der Waals surface area contributed by atoms with Crippen molar-refractivity contribution < 1.29 is 17.7 Å². The molecule has 1 aliphatic rings. The molecule has 4 rings (SSSR count). The average molecular weight is 474 g/mol. The van der Waals surface area contributed by atoms with E-state index in [0.717, 1.165) is 0 Å². The van der Waals surface area contributed by atoms with Crippen LogP contribution in [0.2, 0.25) is 0 Å². The van der Waals surface area contributed by atoms with Crippen LogP contribution in [0.4, 0.5) is 5.69 Å². The topological polar surface area (TPSA) is 119 Å². The number of nitrogens with one attached hydrogen (secondary N) is 1. The van der Waals surface area contributed by atoms with E-state index >= 15 is 0 Å². The normalized spacial score (nSPS) is 17.3. The van der Waals surface area contributed by atoms with Crippen molar-refractivity contribution >= 4 is 21.6 Å². The Bertz CT molecular complexity index is 1330. The molecule has 0 bridgehead atoms. The summed E-state index contributed by atoms with van der Waals surface area (Å²) in [6, 6.07) is 9.14. The van der Waals surface area contributed by atoms with E-state index in [1.54, 1.807) is 32.5 Å². The van der Waals surface area contributed by atoms with E-state index in [2.05, 4.69) is 10.5 Å². The average Bonchev–Trinajstić information content (AvgIpc) is 3.25. The lowest BCUT2D eigenvalue weighted by Gasteiger charge is -2.31. The summed E-state index contributed by atoms with van der Waals surface area (Å²) >= 11 is 0. The smallest absolute Gasteiger partial charge is 0.295 e. The molecule has 0 radical (unpaired) electrons. The number of hydrogen-bond donors (Lipinski definition) is 1. The molecule has 176 valence electrons. The Labute approximate surface area is 191 Å². The lowest BCUT2D eigenvalue weighted by atomic mass is 9.99. The molecule has 1 aromatic carbocycles. The van der Waals surface area contributed by atoms with Crippen molar-refractivity contribution in [3.8, 4) is 5.69 Å². The molecule has 1 amide bonds. The van der Waals surface area contributed by atoms with Crippen LogP contribution in [0.3, 0.4) is 0 Å². The van der Waals surface area contributed by atoms with Crippen molar-refractivity contribution in [2.24, 2.45) is 13.0 Å². The van der Waals surface area contributed by atoms with Gasteiger partial charge in [0.25, 0.3) is 5.56 Å². The van der Waals surface area contributed by atoms with E-state index in [1.165, 1.54) is 8.99 Å². The molecule has 1 fully saturated rings. The molecule has 3 heterocycles. The molecule has 0 spiro atoms. The molecule has 0 aliphatic carbocycles. The van der Waals surface area contributed by atoms with Crippen LogP contribution in [0.25, 0.3) is 5.69 Å². The molecule has 1 N–H and O–H groups in total. The van der Waals surface area contributed by atoms with Crippen LogP contribution in [0.15, 0.2) is 44.5 Å². The number of aromatic nitrogens is 3. The van der Waals surface area contributed by atoms with Gasteiger partial charge in [0.2, 0.25) is 15.9 Å². The van der Waals surface area contributed by atoms with E-state index in [4.69, 9.17) is 4.52 Å². The number of sulfonamides is 1. The second kappa shape index (κ2) is 8.64. The van der Waals surface area contributed by atoms with E-state index in [9.17, 15) is 18.0 Å². The van der Waals surface area contributed by atoms with Gasteiger partial charge in [0.1, 0.15) is 16.3 Å². The molecule has 1 unspecified atom stereocenters. The quantitative estimate of drug-likeness (QED) is 0.606. The van der Waals surface area contributed by atoms with E-state index < -0.39 is 15.9 Å². The highest BCUT2D eigenvalue weighted by Gasteiger charge is 2.37. The highest BCUT2D eigenvalue weighted by atomic mass is 32.2. The zero-order chi connectivity index (χ0) is 23.9. The predicted molar refractivity (Wildman–Crippen MR) is 122 cm³/mol. The fraction of sp³-hybridized carbons (Fsp3) is 0.409. The molecule has 33 heavy (non-hydrogen) atoms. The van der Waals surface area contributed by atoms with Gasteiger partial charge in [0.15, 0.2) is 5.76 Å². The molecule has 1 aliphatic heterocycles. The second-order valence-electron chi connectivity index (χ2n) is 8.28. The Morgan fingerprint density at radius 3 is 2.52 bits per heavy atom. The maximum atomic E-state index is 13.2. The van der Waals surface area contributed by atoms with Crippen LogP contribution in [-0.2, 0) is 21.9 Å². The van der Waals surface area contributed by atoms with Crippen molar-refractivity contribution in [2.45, 2.75) is 38.5 Å². The number of rotatable bonds is 5. The number of aryl methyl sites for hydroxylation is 2. The van der Waals surface area contributed by atoms with Gasteiger partial charge in [0, 0.05) is 20.1 Å². The van der Waals surface area contributed by atoms with Gasteiger partial charge in [-0.3, -0.25) is 14.3 Å². The lowest BCUT2D eigenvalue weighted by Crippen LogP contribution is -2.44. The van der Waals surface area contributed by atoms with Crippen LogP contribution in [0, 0.1) is 26.7 Å². The lowest BCUT2D eigenvalue weighted by molar-refractivity contribution is -0.120. The van der Waals surface area contributed by atoms with Gasteiger partial charge in [-0.05, 0) is 45.7 Å². The summed E-state index contributed by atoms with van der Waals surface area (Å²) in [5.41, 5.74) is 1.43. The highest BCUT2D eigenvalue weighted by molar-refractivity contribution is 7.89. The van der Waals surface area contributed by atoms with Crippen molar-refractivity contribution in [1.29, 1.82) is 0 Å². The van der Waals surface area contributed by atoms with Crippen LogP contribution in [-0.4, -0.2) is 46.2 Å². The van der Waals surface area contributed by atoms with Gasteiger partial charge >= 0.3 is 0 Å². The van der Waals surface area contributed by atoms with Crippen LogP contribution < -0.4 is 10.9 Å². The number of hydrogen-bond acceptors (Lipinski definition) is 6. The van der Waals surface area contributed by atoms with Gasteiger partial charge in [-0.2, -0.15) is 4.31 Å². The summed E-state index contributed by atoms with van der Waals surface area (Å²) < 4.78 is 35.8. The number of anilines is 1. The Hall–Kier alpha value is -3.18. The Morgan fingerprint density at radius 2 is 1.88 bits per heavy atom. The fourth-order valence-corrected chi connectivity index (χ4v) is 6.10. The molecular formula is C22H27N5O5S. The maximum Gasteiger partial charge on any atom is 0.295 e. The van der Waals surface area contributed by atoms with E-state index in [0.29, 0.717) is 36.5 Å². The fourth-order valence-electron chi connectivity index (χ4n) is 4.28. The minimum absolute atomic E-state index is 0.0248. The molecule has 10 nitrogen and oxygen atoms in total. The van der Waals surface area contributed by atoms with Crippen molar-refractivity contribution in [3.63, 3.8) is 0 Å². The minimum atomic E-state index is -3.85. The first kappa shape index (κ1) is 23.0. The van der Waals surface area contributed by atoms with Crippen LogP contribution in [0.1, 0.15) is 30.0 Å². The number of benzene rings is 1. The van der Waals surface area contributed by atoms with Crippen LogP contribution >= 0.6 is 0 Å². The van der Waals surface area contributed by atoms with E-state index in [-0.39, 0.29) is 34.4 Å². The first-order valence-electron chi connectivity index (χ1n) is 10.7. The molecular weight excluding hydrogens is 446 g/mol. The summed E-state index contributed by atoms with van der Waals surface area (Å²) in [6.45, 7) is 5.22. The summed E-state index contributed by atoms with van der Waals surface area (Å²) in [5, 5.41) is 6.51. The molecule has 3 aromatic rings. The first-order chi connectivity index (χ1) is 15.6. The maximum absolute atomic E-state index is 13.2. The van der Waals surface area contributed by atoms with E-state index in [1.807, 2.05) is 30.3 Å². The highest BCUT2D eigenvalue weighted by Crippen LogP contribution is 2.28. The minimum Gasteiger partial charge on any atom is -0.360 e. The number of carbonyl (C=O) groups is 1. The third-order valence-electron chi connectivity index (χ3n) is 6.12. The Kier molecular flexibility index (Phi) is 6.02. The standard InChI is InChI=1S/C22H27N5O5S/c1-14-20(16(3)32-24-14)33(30,31)26-12-8-9-17(13-26)21(28)23-19-15(2)25(4)27(22(19)29)18-10-6-5-7-11-18/h5-7,10-11,17H,8-9,12-13H2,1-4H3,(H,23,28). The monoisotopic (exact) mass is 473 g/mol. The van der Waals surface area contributed by atoms with Gasteiger partial charge in [-0.1, -0.05) is 23.4 Å². The van der Waals surface area contributed by atoms with Gasteiger partial charge in [-0.25, -0.2) is 13.1 Å². The summed E-state index contributed by atoms with van der Waals surface area (Å²) in [6.07, 6.45) is 1.06. The third kappa shape index (κ3) is 4.02. The number of nitrogens with zero attached hydrogens (tertiary/aromatic N) is 4. The Morgan fingerprint density at radius 1 is 1.18 bits per heavy atom. The van der Waals surface area contributed by atoms with Crippen molar-refractivity contribution in [2.75, 3.05) is 18.4 Å². The Balaban J connectivity index is 1.57. The number of para-hydroxylation sites is 1. The number of piperidine rings is 1. The first-order valence-corrected chi connectivity index (χ1v) is 12.1. The van der Waals surface area contributed by atoms with Crippen molar-refractivity contribution in [1.82, 2.24) is 18.8 Å². The third-order valence-corrected chi connectivity index (χ3v) is 8.23. The number of carbonyl (C=O) groups excluding carboxylic acids is 1. The molecule has 11 heteroatoms. The molecule has 1 atom stereocenters. The largest absolute Gasteiger partial charge is 0.360 e. The van der Waals surface area contributed by atoms with Gasteiger partial charge < -0.3 is 9.84 Å². The zero-order valence-electron chi connectivity index (χ0n) is 19.0. The van der Waals surface area contributed by atoms with Gasteiger partial charge in [0.05, 0.1) is 17.3 Å².